The SMILES string of the molecule is CCC(C)Oc1ccc([C@@H](C)N)cc1Br. The van der Waals surface area contributed by atoms with Crippen LogP contribution in [0.3, 0.4) is 0 Å². The quantitative estimate of drug-likeness (QED) is 0.908. The zero-order chi connectivity index (χ0) is 11.4. The van der Waals surface area contributed by atoms with Crippen molar-refractivity contribution < 1.29 is 4.74 Å². The smallest absolute Gasteiger partial charge is 0.133 e. The van der Waals surface area contributed by atoms with Crippen LogP contribution in [-0.2, 0) is 0 Å². The van der Waals surface area contributed by atoms with E-state index >= 15 is 0 Å². The molecule has 1 rings (SSSR count). The normalized spacial score (nSPS) is 14.7. The molecule has 15 heavy (non-hydrogen) atoms. The van der Waals surface area contributed by atoms with E-state index in [0.717, 1.165) is 22.2 Å². The second-order valence-electron chi connectivity index (χ2n) is 3.82. The molecule has 1 unspecified atom stereocenters. The second-order valence-corrected chi connectivity index (χ2v) is 4.67. The zero-order valence-corrected chi connectivity index (χ0v) is 11.0. The molecule has 0 amide bonds. The molecule has 84 valence electrons. The maximum Gasteiger partial charge on any atom is 0.133 e. The Morgan fingerprint density at radius 1 is 1.40 bits per heavy atom. The minimum absolute atomic E-state index is 0.0546. The molecule has 1 aromatic carbocycles. The van der Waals surface area contributed by atoms with Crippen molar-refractivity contribution in [3.8, 4) is 5.75 Å². The Hall–Kier alpha value is -0.540. The van der Waals surface area contributed by atoms with Gasteiger partial charge in [-0.3, -0.25) is 0 Å². The van der Waals surface area contributed by atoms with Crippen LogP contribution in [0.15, 0.2) is 22.7 Å². The largest absolute Gasteiger partial charge is 0.490 e. The molecule has 0 fully saturated rings. The lowest BCUT2D eigenvalue weighted by Gasteiger charge is -2.15. The van der Waals surface area contributed by atoms with Gasteiger partial charge in [0.25, 0.3) is 0 Å². The fourth-order valence-corrected chi connectivity index (χ4v) is 1.69. The van der Waals surface area contributed by atoms with Crippen molar-refractivity contribution in [1.82, 2.24) is 0 Å². The van der Waals surface area contributed by atoms with Crippen molar-refractivity contribution >= 4 is 15.9 Å². The summed E-state index contributed by atoms with van der Waals surface area (Å²) in [6, 6.07) is 6.05. The number of hydrogen-bond acceptors (Lipinski definition) is 2. The first-order chi connectivity index (χ1) is 7.04. The topological polar surface area (TPSA) is 35.2 Å². The minimum Gasteiger partial charge on any atom is -0.490 e. The zero-order valence-electron chi connectivity index (χ0n) is 9.46. The van der Waals surface area contributed by atoms with Crippen LogP contribution in [0.4, 0.5) is 0 Å². The van der Waals surface area contributed by atoms with Crippen molar-refractivity contribution in [2.45, 2.75) is 39.3 Å². The highest BCUT2D eigenvalue weighted by Gasteiger charge is 2.07. The summed E-state index contributed by atoms with van der Waals surface area (Å²) in [4.78, 5) is 0. The maximum atomic E-state index is 5.80. The van der Waals surface area contributed by atoms with Crippen molar-refractivity contribution in [3.05, 3.63) is 28.2 Å². The van der Waals surface area contributed by atoms with Crippen molar-refractivity contribution in [2.75, 3.05) is 0 Å². The van der Waals surface area contributed by atoms with E-state index in [9.17, 15) is 0 Å². The first kappa shape index (κ1) is 12.5. The van der Waals surface area contributed by atoms with Gasteiger partial charge in [0, 0.05) is 6.04 Å². The standard InChI is InChI=1S/C12H18BrNO/c1-4-8(2)15-12-6-5-10(9(3)14)7-11(12)13/h5-9H,4,14H2,1-3H3/t8?,9-/m1/s1. The van der Waals surface area contributed by atoms with Crippen LogP contribution in [0.2, 0.25) is 0 Å². The molecule has 2 N–H and O–H groups in total. The van der Waals surface area contributed by atoms with Crippen LogP contribution in [0.25, 0.3) is 0 Å². The van der Waals surface area contributed by atoms with E-state index in [1.54, 1.807) is 0 Å². The van der Waals surface area contributed by atoms with Crippen molar-refractivity contribution in [2.24, 2.45) is 5.73 Å². The molecule has 0 aliphatic carbocycles. The first-order valence-electron chi connectivity index (χ1n) is 5.26. The Labute approximate surface area is 99.9 Å². The summed E-state index contributed by atoms with van der Waals surface area (Å²) >= 11 is 3.49. The molecule has 1 aromatic rings. The maximum absolute atomic E-state index is 5.80. The van der Waals surface area contributed by atoms with Gasteiger partial charge in [-0.05, 0) is 53.9 Å². The summed E-state index contributed by atoms with van der Waals surface area (Å²) in [6.45, 7) is 6.14. The van der Waals surface area contributed by atoms with Gasteiger partial charge in [-0.15, -0.1) is 0 Å². The third-order valence-electron chi connectivity index (χ3n) is 2.38. The number of ether oxygens (including phenoxy) is 1. The Morgan fingerprint density at radius 2 is 2.07 bits per heavy atom. The van der Waals surface area contributed by atoms with Crippen LogP contribution in [-0.4, -0.2) is 6.10 Å². The van der Waals surface area contributed by atoms with E-state index in [1.165, 1.54) is 0 Å². The molecule has 0 spiro atoms. The highest BCUT2D eigenvalue weighted by Crippen LogP contribution is 2.28. The second kappa shape index (κ2) is 5.52. The first-order valence-corrected chi connectivity index (χ1v) is 6.05. The fraction of sp³-hybridized carbons (Fsp3) is 0.500. The van der Waals surface area contributed by atoms with Gasteiger partial charge < -0.3 is 10.5 Å². The molecule has 0 radical (unpaired) electrons. The van der Waals surface area contributed by atoms with E-state index in [-0.39, 0.29) is 12.1 Å². The number of nitrogens with two attached hydrogens (primary N) is 1. The molecule has 0 heterocycles. The van der Waals surface area contributed by atoms with Gasteiger partial charge in [-0.1, -0.05) is 13.0 Å². The van der Waals surface area contributed by atoms with Gasteiger partial charge in [-0.2, -0.15) is 0 Å². The number of halogens is 1. The molecule has 0 aromatic heterocycles. The summed E-state index contributed by atoms with van der Waals surface area (Å²) in [7, 11) is 0. The van der Waals surface area contributed by atoms with Crippen LogP contribution in [0.1, 0.15) is 38.8 Å². The lowest BCUT2D eigenvalue weighted by Crippen LogP contribution is -2.10. The van der Waals surface area contributed by atoms with Gasteiger partial charge in [0.1, 0.15) is 5.75 Å². The van der Waals surface area contributed by atoms with Gasteiger partial charge in [0.2, 0.25) is 0 Å². The van der Waals surface area contributed by atoms with E-state index in [2.05, 4.69) is 29.8 Å². The van der Waals surface area contributed by atoms with Crippen LogP contribution in [0, 0.1) is 0 Å². The molecule has 0 saturated carbocycles. The van der Waals surface area contributed by atoms with Gasteiger partial charge in [0.05, 0.1) is 10.6 Å². The van der Waals surface area contributed by atoms with Gasteiger partial charge in [0.15, 0.2) is 0 Å². The molecule has 0 aliphatic rings. The number of rotatable bonds is 4. The van der Waals surface area contributed by atoms with Gasteiger partial charge >= 0.3 is 0 Å². The van der Waals surface area contributed by atoms with Crippen LogP contribution >= 0.6 is 15.9 Å². The third kappa shape index (κ3) is 3.50. The molecule has 0 saturated heterocycles. The Morgan fingerprint density at radius 3 is 2.53 bits per heavy atom. The van der Waals surface area contributed by atoms with Crippen molar-refractivity contribution in [1.29, 1.82) is 0 Å². The molecule has 3 heteroatoms. The van der Waals surface area contributed by atoms with Gasteiger partial charge in [-0.25, -0.2) is 0 Å². The van der Waals surface area contributed by atoms with E-state index in [1.807, 2.05) is 25.1 Å². The average Bonchev–Trinajstić information content (AvgIpc) is 2.20. The Bertz CT molecular complexity index is 325. The summed E-state index contributed by atoms with van der Waals surface area (Å²) < 4.78 is 6.71. The highest BCUT2D eigenvalue weighted by atomic mass is 79.9. The van der Waals surface area contributed by atoms with Crippen LogP contribution in [0.5, 0.6) is 5.75 Å². The molecular formula is C12H18BrNO. The predicted molar refractivity (Wildman–Crippen MR) is 67.1 cm³/mol. The summed E-state index contributed by atoms with van der Waals surface area (Å²) in [5, 5.41) is 0. The molecular weight excluding hydrogens is 254 g/mol. The third-order valence-corrected chi connectivity index (χ3v) is 3.00. The Kier molecular flexibility index (Phi) is 4.61. The molecule has 0 aliphatic heterocycles. The summed E-state index contributed by atoms with van der Waals surface area (Å²) in [6.07, 6.45) is 1.24. The molecule has 0 bridgehead atoms. The number of benzene rings is 1. The summed E-state index contributed by atoms with van der Waals surface area (Å²) in [5.41, 5.74) is 6.91. The monoisotopic (exact) mass is 271 g/mol. The molecule has 2 nitrogen and oxygen atoms in total. The lowest BCUT2D eigenvalue weighted by molar-refractivity contribution is 0.216. The lowest BCUT2D eigenvalue weighted by atomic mass is 10.1. The highest BCUT2D eigenvalue weighted by molar-refractivity contribution is 9.10. The average molecular weight is 272 g/mol. The number of hydrogen-bond donors (Lipinski definition) is 1. The van der Waals surface area contributed by atoms with E-state index in [0.29, 0.717) is 0 Å². The Balaban J connectivity index is 2.83. The van der Waals surface area contributed by atoms with Crippen LogP contribution < -0.4 is 10.5 Å². The fourth-order valence-electron chi connectivity index (χ4n) is 1.20. The summed E-state index contributed by atoms with van der Waals surface area (Å²) in [5.74, 6) is 0.883. The minimum atomic E-state index is 0.0546. The predicted octanol–water partition coefficient (Wildman–Crippen LogP) is 3.65. The van der Waals surface area contributed by atoms with Crippen molar-refractivity contribution in [3.63, 3.8) is 0 Å². The molecule has 2 atom stereocenters. The van der Waals surface area contributed by atoms with E-state index in [4.69, 9.17) is 10.5 Å². The van der Waals surface area contributed by atoms with E-state index < -0.39 is 0 Å².